The molecule has 1 N–H and O–H groups in total. The Morgan fingerprint density at radius 2 is 2.00 bits per heavy atom. The molecule has 0 spiro atoms. The van der Waals surface area contributed by atoms with E-state index in [1.807, 2.05) is 0 Å². The van der Waals surface area contributed by atoms with Crippen molar-refractivity contribution in [2.45, 2.75) is 23.9 Å². The molecule has 1 aliphatic rings. The minimum Gasteiger partial charge on any atom is -0.484 e. The van der Waals surface area contributed by atoms with Crippen LogP contribution in [0.25, 0.3) is 0 Å². The summed E-state index contributed by atoms with van der Waals surface area (Å²) in [4.78, 5) is 7.02. The number of alkyl halides is 3. The van der Waals surface area contributed by atoms with Gasteiger partial charge in [0.15, 0.2) is 17.3 Å². The van der Waals surface area contributed by atoms with Crippen LogP contribution < -0.4 is 4.74 Å². The van der Waals surface area contributed by atoms with E-state index in [2.05, 4.69) is 14.7 Å². The maximum absolute atomic E-state index is 13.3. The molecule has 1 unspecified atom stereocenters. The predicted molar refractivity (Wildman–Crippen MR) is 101 cm³/mol. The second-order valence-corrected chi connectivity index (χ2v) is 7.90. The molecular weight excluding hydrogens is 437 g/mol. The zero-order chi connectivity index (χ0) is 21.8. The van der Waals surface area contributed by atoms with Gasteiger partial charge in [0, 0.05) is 7.11 Å². The Labute approximate surface area is 169 Å². The van der Waals surface area contributed by atoms with Crippen LogP contribution in [0.4, 0.5) is 13.2 Å². The summed E-state index contributed by atoms with van der Waals surface area (Å²) in [5, 5.41) is 7.43. The number of nitrogens with zero attached hydrogens (tertiary/aromatic N) is 3. The van der Waals surface area contributed by atoms with Crippen molar-refractivity contribution in [1.29, 1.82) is 5.41 Å². The van der Waals surface area contributed by atoms with Crippen LogP contribution in [-0.2, 0) is 19.5 Å². The Balaban J connectivity index is 2.66. The first-order valence-electron chi connectivity index (χ1n) is 7.78. The highest BCUT2D eigenvalue weighted by Crippen LogP contribution is 2.34. The van der Waals surface area contributed by atoms with Crippen molar-refractivity contribution in [3.63, 3.8) is 0 Å². The number of para-hydroxylation sites is 1. The van der Waals surface area contributed by atoms with E-state index in [9.17, 15) is 21.6 Å². The van der Waals surface area contributed by atoms with Gasteiger partial charge in [-0.3, -0.25) is 5.41 Å². The van der Waals surface area contributed by atoms with Crippen LogP contribution in [0.3, 0.4) is 0 Å². The SMILES string of the molecule is COC1=NC(=NC(=N)SC)N(S(=O)(=O)c2ccccc2OC(F)(F)F)C(OC)C1. The Morgan fingerprint density at radius 3 is 2.55 bits per heavy atom. The molecular formula is C15H17F3N4O5S2. The number of nitrogens with one attached hydrogen (secondary N) is 1. The van der Waals surface area contributed by atoms with Crippen LogP contribution in [0.2, 0.25) is 0 Å². The lowest BCUT2D eigenvalue weighted by Gasteiger charge is -2.33. The third-order valence-corrected chi connectivity index (χ3v) is 5.83. The highest BCUT2D eigenvalue weighted by Gasteiger charge is 2.42. The van der Waals surface area contributed by atoms with Crippen LogP contribution >= 0.6 is 11.8 Å². The van der Waals surface area contributed by atoms with E-state index in [1.165, 1.54) is 32.6 Å². The van der Waals surface area contributed by atoms with Gasteiger partial charge in [-0.05, 0) is 18.4 Å². The van der Waals surface area contributed by atoms with E-state index in [1.54, 1.807) is 0 Å². The molecule has 1 heterocycles. The number of hydrogen-bond donors (Lipinski definition) is 1. The van der Waals surface area contributed by atoms with Gasteiger partial charge >= 0.3 is 6.36 Å². The number of sulfonamides is 1. The number of hydrogen-bond acceptors (Lipinski definition) is 7. The summed E-state index contributed by atoms with van der Waals surface area (Å²) in [6, 6.07) is 4.27. The number of methoxy groups -OCH3 is 2. The van der Waals surface area contributed by atoms with Crippen LogP contribution in [0.15, 0.2) is 39.1 Å². The molecule has 0 radical (unpaired) electrons. The molecule has 0 saturated carbocycles. The standard InChI is InChI=1S/C15H17F3N4O5S2/c1-25-11-8-12(26-2)22(14(20-11)21-13(19)28-3)29(23,24)10-7-5-4-6-9(10)27-15(16,17)18/h4-7,12,19H,8H2,1-3H3. The molecule has 0 bridgehead atoms. The second-order valence-electron chi connectivity index (χ2n) is 5.32. The third kappa shape index (κ3) is 5.39. The van der Waals surface area contributed by atoms with Crippen molar-refractivity contribution in [3.8, 4) is 5.75 Å². The molecule has 2 rings (SSSR count). The quantitative estimate of drug-likeness (QED) is 0.553. The fourth-order valence-corrected chi connectivity index (χ4v) is 4.09. The van der Waals surface area contributed by atoms with Crippen LogP contribution in [0, 0.1) is 5.41 Å². The van der Waals surface area contributed by atoms with Gasteiger partial charge < -0.3 is 14.2 Å². The van der Waals surface area contributed by atoms with E-state index in [4.69, 9.17) is 14.9 Å². The molecule has 29 heavy (non-hydrogen) atoms. The average molecular weight is 454 g/mol. The van der Waals surface area contributed by atoms with Gasteiger partial charge in [0.05, 0.1) is 13.5 Å². The van der Waals surface area contributed by atoms with Crippen molar-refractivity contribution >= 4 is 38.8 Å². The summed E-state index contributed by atoms with van der Waals surface area (Å²) < 4.78 is 79.4. The van der Waals surface area contributed by atoms with Gasteiger partial charge in [0.2, 0.25) is 5.96 Å². The molecule has 1 aromatic rings. The maximum atomic E-state index is 13.3. The van der Waals surface area contributed by atoms with Crippen LogP contribution in [0.5, 0.6) is 5.75 Å². The zero-order valence-corrected chi connectivity index (χ0v) is 17.1. The topological polar surface area (TPSA) is 114 Å². The number of rotatable bonds is 4. The number of benzene rings is 1. The molecule has 0 aromatic heterocycles. The molecule has 0 amide bonds. The first kappa shape index (κ1) is 23.0. The highest BCUT2D eigenvalue weighted by molar-refractivity contribution is 8.13. The lowest BCUT2D eigenvalue weighted by atomic mass is 10.3. The second kappa shape index (κ2) is 9.00. The van der Waals surface area contributed by atoms with Gasteiger partial charge in [-0.2, -0.15) is 9.98 Å². The van der Waals surface area contributed by atoms with Gasteiger partial charge in [-0.15, -0.1) is 13.2 Å². The molecule has 1 atom stereocenters. The fourth-order valence-electron chi connectivity index (χ4n) is 2.33. The molecule has 0 saturated heterocycles. The van der Waals surface area contributed by atoms with Gasteiger partial charge in [-0.25, -0.2) is 12.7 Å². The molecule has 160 valence electrons. The monoisotopic (exact) mass is 454 g/mol. The third-order valence-electron chi connectivity index (χ3n) is 3.55. The van der Waals surface area contributed by atoms with Gasteiger partial charge in [-0.1, -0.05) is 23.9 Å². The van der Waals surface area contributed by atoms with Gasteiger partial charge in [0.1, 0.15) is 10.6 Å². The summed E-state index contributed by atoms with van der Waals surface area (Å²) in [6.45, 7) is 0. The number of amidine groups is 1. The number of halogens is 3. The van der Waals surface area contributed by atoms with Crippen molar-refractivity contribution in [2.24, 2.45) is 9.98 Å². The van der Waals surface area contributed by atoms with Gasteiger partial charge in [0.25, 0.3) is 10.0 Å². The molecule has 14 heteroatoms. The summed E-state index contributed by atoms with van der Waals surface area (Å²) >= 11 is 0.906. The zero-order valence-electron chi connectivity index (χ0n) is 15.4. The predicted octanol–water partition coefficient (Wildman–Crippen LogP) is 2.65. The summed E-state index contributed by atoms with van der Waals surface area (Å²) in [5.41, 5.74) is 0. The Kier molecular flexibility index (Phi) is 7.13. The molecule has 0 aliphatic carbocycles. The van der Waals surface area contributed by atoms with Crippen LogP contribution in [-0.4, -0.2) is 62.8 Å². The van der Waals surface area contributed by atoms with Crippen molar-refractivity contribution in [2.75, 3.05) is 20.5 Å². The Morgan fingerprint density at radius 1 is 1.34 bits per heavy atom. The fraction of sp³-hybridized carbons (Fsp3) is 0.400. The first-order valence-corrected chi connectivity index (χ1v) is 10.4. The number of ether oxygens (including phenoxy) is 3. The molecule has 1 aliphatic heterocycles. The van der Waals surface area contributed by atoms with E-state index in [0.29, 0.717) is 4.31 Å². The summed E-state index contributed by atoms with van der Waals surface area (Å²) in [7, 11) is -2.16. The number of aliphatic imine (C=N–C) groups is 2. The molecule has 9 nitrogen and oxygen atoms in total. The molecule has 0 fully saturated rings. The lowest BCUT2D eigenvalue weighted by Crippen LogP contribution is -2.49. The van der Waals surface area contributed by atoms with E-state index >= 15 is 0 Å². The number of thioether (sulfide) groups is 1. The maximum Gasteiger partial charge on any atom is 0.573 e. The lowest BCUT2D eigenvalue weighted by molar-refractivity contribution is -0.275. The van der Waals surface area contributed by atoms with Crippen molar-refractivity contribution in [3.05, 3.63) is 24.3 Å². The largest absolute Gasteiger partial charge is 0.573 e. The minimum atomic E-state index is -5.10. The van der Waals surface area contributed by atoms with E-state index in [-0.39, 0.29) is 17.5 Å². The first-order chi connectivity index (χ1) is 13.5. The molecule has 1 aromatic carbocycles. The number of guanidine groups is 1. The van der Waals surface area contributed by atoms with Crippen molar-refractivity contribution in [1.82, 2.24) is 4.31 Å². The Hall–Kier alpha value is -2.32. The smallest absolute Gasteiger partial charge is 0.484 e. The summed E-state index contributed by atoms with van der Waals surface area (Å²) in [6.07, 6.45) is -4.91. The summed E-state index contributed by atoms with van der Waals surface area (Å²) in [5.74, 6) is -1.33. The van der Waals surface area contributed by atoms with E-state index < -0.39 is 39.2 Å². The average Bonchev–Trinajstić information content (AvgIpc) is 2.65. The van der Waals surface area contributed by atoms with Crippen molar-refractivity contribution < 1.29 is 35.8 Å². The van der Waals surface area contributed by atoms with E-state index in [0.717, 1.165) is 23.9 Å². The van der Waals surface area contributed by atoms with Crippen LogP contribution in [0.1, 0.15) is 6.42 Å². The highest BCUT2D eigenvalue weighted by atomic mass is 32.2. The Bertz CT molecular complexity index is 934. The minimum absolute atomic E-state index is 0.0794. The normalized spacial score (nSPS) is 19.1.